The van der Waals surface area contributed by atoms with Gasteiger partial charge in [0.15, 0.2) is 0 Å². The van der Waals surface area contributed by atoms with Crippen LogP contribution in [0.5, 0.6) is 0 Å². The molecule has 2 rings (SSSR count). The van der Waals surface area contributed by atoms with E-state index in [9.17, 15) is 13.2 Å². The van der Waals surface area contributed by atoms with Crippen molar-refractivity contribution in [2.45, 2.75) is 42.1 Å². The minimum Gasteiger partial charge on any atom is -0.230 e. The van der Waals surface area contributed by atoms with E-state index < -0.39 is 11.7 Å². The van der Waals surface area contributed by atoms with Crippen LogP contribution in [0.15, 0.2) is 17.2 Å². The van der Waals surface area contributed by atoms with Crippen molar-refractivity contribution >= 4 is 23.4 Å². The molecule has 0 amide bonds. The highest BCUT2D eigenvalue weighted by Gasteiger charge is 2.32. The monoisotopic (exact) mass is 281 g/mol. The molecule has 17 heavy (non-hydrogen) atoms. The fourth-order valence-corrected chi connectivity index (χ4v) is 3.39. The molecule has 0 aliphatic heterocycles. The maximum atomic E-state index is 12.6. The largest absolute Gasteiger partial charge is 0.416 e. The van der Waals surface area contributed by atoms with E-state index in [4.69, 9.17) is 11.6 Å². The fourth-order valence-electron chi connectivity index (χ4n) is 1.87. The van der Waals surface area contributed by atoms with Crippen LogP contribution < -0.4 is 0 Å². The third-order valence-electron chi connectivity index (χ3n) is 2.69. The van der Waals surface area contributed by atoms with E-state index in [1.54, 1.807) is 0 Å². The SMILES string of the molecule is FC(F)(F)c1cc(Cl)nc(SC2CCCC2)c1. The normalized spacial score (nSPS) is 17.6. The van der Waals surface area contributed by atoms with E-state index in [1.807, 2.05) is 0 Å². The summed E-state index contributed by atoms with van der Waals surface area (Å²) in [6, 6.07) is 1.94. The predicted molar refractivity (Wildman–Crippen MR) is 62.4 cm³/mol. The lowest BCUT2D eigenvalue weighted by molar-refractivity contribution is -0.137. The van der Waals surface area contributed by atoms with Crippen LogP contribution >= 0.6 is 23.4 Å². The van der Waals surface area contributed by atoms with Gasteiger partial charge in [0.05, 0.1) is 10.6 Å². The number of aromatic nitrogens is 1. The Morgan fingerprint density at radius 2 is 1.88 bits per heavy atom. The molecule has 1 aromatic heterocycles. The summed E-state index contributed by atoms with van der Waals surface area (Å²) in [6.45, 7) is 0. The van der Waals surface area contributed by atoms with Gasteiger partial charge in [-0.05, 0) is 25.0 Å². The van der Waals surface area contributed by atoms with Crippen molar-refractivity contribution in [2.24, 2.45) is 0 Å². The fraction of sp³-hybridized carbons (Fsp3) is 0.545. The zero-order chi connectivity index (χ0) is 12.5. The first-order chi connectivity index (χ1) is 7.95. The number of halogens is 4. The number of rotatable bonds is 2. The van der Waals surface area contributed by atoms with Crippen LogP contribution in [0.2, 0.25) is 5.15 Å². The molecule has 0 atom stereocenters. The molecule has 0 N–H and O–H groups in total. The van der Waals surface area contributed by atoms with Crippen LogP contribution in [0.4, 0.5) is 13.2 Å². The highest BCUT2D eigenvalue weighted by Crippen LogP contribution is 2.37. The van der Waals surface area contributed by atoms with Gasteiger partial charge in [0.1, 0.15) is 5.15 Å². The Morgan fingerprint density at radius 3 is 2.47 bits per heavy atom. The lowest BCUT2D eigenvalue weighted by Gasteiger charge is -2.11. The van der Waals surface area contributed by atoms with Crippen LogP contribution in [-0.4, -0.2) is 10.2 Å². The van der Waals surface area contributed by atoms with Crippen molar-refractivity contribution in [1.82, 2.24) is 4.98 Å². The summed E-state index contributed by atoms with van der Waals surface area (Å²) in [6.07, 6.45) is 0.00666. The Labute approximate surface area is 107 Å². The number of thioether (sulfide) groups is 1. The van der Waals surface area contributed by atoms with E-state index >= 15 is 0 Å². The first-order valence-corrected chi connectivity index (χ1v) is 6.62. The summed E-state index contributed by atoms with van der Waals surface area (Å²) in [5.74, 6) is 0. The van der Waals surface area contributed by atoms with Gasteiger partial charge in [-0.2, -0.15) is 13.2 Å². The van der Waals surface area contributed by atoms with Gasteiger partial charge in [-0.15, -0.1) is 11.8 Å². The van der Waals surface area contributed by atoms with Gasteiger partial charge in [-0.25, -0.2) is 4.98 Å². The van der Waals surface area contributed by atoms with Crippen molar-refractivity contribution in [3.63, 3.8) is 0 Å². The third-order valence-corrected chi connectivity index (χ3v) is 4.14. The molecular weight excluding hydrogens is 271 g/mol. The van der Waals surface area contributed by atoms with Crippen molar-refractivity contribution in [3.8, 4) is 0 Å². The molecule has 0 spiro atoms. The van der Waals surface area contributed by atoms with Crippen molar-refractivity contribution in [1.29, 1.82) is 0 Å². The molecule has 94 valence electrons. The van der Waals surface area contributed by atoms with Gasteiger partial charge in [-0.3, -0.25) is 0 Å². The first kappa shape index (κ1) is 13.0. The molecule has 1 aromatic rings. The lowest BCUT2D eigenvalue weighted by Crippen LogP contribution is -2.06. The predicted octanol–water partition coefficient (Wildman–Crippen LogP) is 4.79. The van der Waals surface area contributed by atoms with E-state index in [2.05, 4.69) is 4.98 Å². The van der Waals surface area contributed by atoms with Crippen LogP contribution in [0.25, 0.3) is 0 Å². The second-order valence-corrected chi connectivity index (χ2v) is 5.75. The van der Waals surface area contributed by atoms with Crippen molar-refractivity contribution in [2.75, 3.05) is 0 Å². The molecule has 1 heterocycles. The van der Waals surface area contributed by atoms with E-state index in [0.29, 0.717) is 10.3 Å². The second kappa shape index (κ2) is 5.06. The van der Waals surface area contributed by atoms with Gasteiger partial charge in [0.25, 0.3) is 0 Å². The van der Waals surface area contributed by atoms with E-state index in [1.165, 1.54) is 11.8 Å². The Morgan fingerprint density at radius 1 is 1.24 bits per heavy atom. The molecule has 1 aliphatic carbocycles. The van der Waals surface area contributed by atoms with Crippen LogP contribution in [-0.2, 0) is 6.18 Å². The van der Waals surface area contributed by atoms with E-state index in [-0.39, 0.29) is 5.15 Å². The van der Waals surface area contributed by atoms with Gasteiger partial charge < -0.3 is 0 Å². The molecule has 0 aromatic carbocycles. The van der Waals surface area contributed by atoms with E-state index in [0.717, 1.165) is 37.8 Å². The average molecular weight is 282 g/mol. The van der Waals surface area contributed by atoms with Crippen molar-refractivity contribution < 1.29 is 13.2 Å². The van der Waals surface area contributed by atoms with Gasteiger partial charge in [-0.1, -0.05) is 24.4 Å². The second-order valence-electron chi connectivity index (χ2n) is 4.04. The molecule has 6 heteroatoms. The molecule has 0 radical (unpaired) electrons. The summed E-state index contributed by atoms with van der Waals surface area (Å²) in [7, 11) is 0. The van der Waals surface area contributed by atoms with Gasteiger partial charge >= 0.3 is 6.18 Å². The minimum atomic E-state index is -4.36. The molecule has 1 nitrogen and oxygen atoms in total. The van der Waals surface area contributed by atoms with Gasteiger partial charge in [0, 0.05) is 5.25 Å². The summed E-state index contributed by atoms with van der Waals surface area (Å²) >= 11 is 7.02. The maximum absolute atomic E-state index is 12.6. The molecule has 0 saturated heterocycles. The molecule has 1 fully saturated rings. The quantitative estimate of drug-likeness (QED) is 0.723. The molecule has 0 unspecified atom stereocenters. The minimum absolute atomic E-state index is 0.0969. The molecule has 1 aliphatic rings. The lowest BCUT2D eigenvalue weighted by atomic mass is 10.3. The number of hydrogen-bond donors (Lipinski definition) is 0. The number of pyridine rings is 1. The Hall–Kier alpha value is -0.420. The van der Waals surface area contributed by atoms with Crippen LogP contribution in [0.3, 0.4) is 0 Å². The summed E-state index contributed by atoms with van der Waals surface area (Å²) in [5, 5.41) is 0.652. The van der Waals surface area contributed by atoms with Crippen LogP contribution in [0, 0.1) is 0 Å². The maximum Gasteiger partial charge on any atom is 0.416 e. The number of hydrogen-bond acceptors (Lipinski definition) is 2. The highest BCUT2D eigenvalue weighted by molar-refractivity contribution is 7.99. The molecule has 1 saturated carbocycles. The smallest absolute Gasteiger partial charge is 0.230 e. The number of nitrogens with zero attached hydrogens (tertiary/aromatic N) is 1. The molecular formula is C11H11ClF3NS. The topological polar surface area (TPSA) is 12.9 Å². The number of alkyl halides is 3. The zero-order valence-corrected chi connectivity index (χ0v) is 10.5. The summed E-state index contributed by atoms with van der Waals surface area (Å²) in [5.41, 5.74) is -0.724. The standard InChI is InChI=1S/C11H11ClF3NS/c12-9-5-7(11(13,14)15)6-10(16-9)17-8-3-1-2-4-8/h5-6,8H,1-4H2. The van der Waals surface area contributed by atoms with Crippen molar-refractivity contribution in [3.05, 3.63) is 22.8 Å². The Balaban J connectivity index is 2.19. The van der Waals surface area contributed by atoms with Crippen LogP contribution in [0.1, 0.15) is 31.2 Å². The highest BCUT2D eigenvalue weighted by atomic mass is 35.5. The summed E-state index contributed by atoms with van der Waals surface area (Å²) < 4.78 is 37.7. The van der Waals surface area contributed by atoms with Gasteiger partial charge in [0.2, 0.25) is 0 Å². The Kier molecular flexibility index (Phi) is 3.88. The third kappa shape index (κ3) is 3.52. The zero-order valence-electron chi connectivity index (χ0n) is 8.93. The summed E-state index contributed by atoms with van der Waals surface area (Å²) in [4.78, 5) is 3.94. The molecule has 0 bridgehead atoms. The average Bonchev–Trinajstić information content (AvgIpc) is 2.68. The first-order valence-electron chi connectivity index (χ1n) is 5.36. The Bertz CT molecular complexity index is 402.